The Morgan fingerprint density at radius 2 is 1.67 bits per heavy atom. The Labute approximate surface area is 75.0 Å². The molecule has 3 nitrogen and oxygen atoms in total. The summed E-state index contributed by atoms with van der Waals surface area (Å²) in [6.45, 7) is 3.65. The Kier molecular flexibility index (Phi) is 8.88. The number of hydrogen-bond donors (Lipinski definition) is 2. The van der Waals surface area contributed by atoms with Crippen molar-refractivity contribution in [2.75, 3.05) is 19.7 Å². The lowest BCUT2D eigenvalue weighted by Crippen LogP contribution is -2.22. The number of unbranched alkanes of at least 4 members (excludes halogenated alkanes) is 3. The smallest absolute Gasteiger partial charge is 0.0444 e. The molecule has 0 radical (unpaired) electrons. The minimum atomic E-state index is 0.159. The van der Waals surface area contributed by atoms with Gasteiger partial charge in [0.05, 0.1) is 0 Å². The molecule has 3 heteroatoms. The first kappa shape index (κ1) is 11.9. The van der Waals surface area contributed by atoms with Gasteiger partial charge in [-0.25, -0.2) is 0 Å². The van der Waals surface area contributed by atoms with Crippen molar-refractivity contribution in [3.05, 3.63) is 0 Å². The van der Waals surface area contributed by atoms with Gasteiger partial charge in [-0.3, -0.25) is 0 Å². The van der Waals surface area contributed by atoms with Crippen LogP contribution in [0.15, 0.2) is 0 Å². The highest BCUT2D eigenvalue weighted by Gasteiger charge is 1.98. The molecule has 12 heavy (non-hydrogen) atoms. The molecule has 0 aliphatic carbocycles. The van der Waals surface area contributed by atoms with Gasteiger partial charge in [-0.15, -0.1) is 0 Å². The van der Waals surface area contributed by atoms with Crippen LogP contribution in [0.25, 0.3) is 0 Å². The molecule has 0 aromatic carbocycles. The number of rotatable bonds is 8. The average molecular weight is 175 g/mol. The molecule has 2 N–H and O–H groups in total. The highest BCUT2D eigenvalue weighted by molar-refractivity contribution is 4.47. The van der Waals surface area contributed by atoms with Gasteiger partial charge in [0.1, 0.15) is 0 Å². The highest BCUT2D eigenvalue weighted by Crippen LogP contribution is 2.00. The molecule has 0 bridgehead atoms. The van der Waals surface area contributed by atoms with E-state index >= 15 is 0 Å². The molecule has 0 aliphatic heterocycles. The van der Waals surface area contributed by atoms with E-state index < -0.39 is 0 Å². The third kappa shape index (κ3) is 7.98. The highest BCUT2D eigenvalue weighted by atomic mass is 16.5. The normalized spacial score (nSPS) is 11.0. The Hall–Kier alpha value is -0.120. The van der Waals surface area contributed by atoms with Gasteiger partial charge in [0, 0.05) is 19.7 Å². The van der Waals surface area contributed by atoms with Crippen molar-refractivity contribution in [3.8, 4) is 0 Å². The number of aliphatic hydroxyl groups is 1. The maximum atomic E-state index is 9.20. The first-order valence-corrected chi connectivity index (χ1v) is 4.86. The molecule has 0 saturated carbocycles. The quantitative estimate of drug-likeness (QED) is 0.435. The summed E-state index contributed by atoms with van der Waals surface area (Å²) in [7, 11) is 0. The molecule has 0 heterocycles. The fraction of sp³-hybridized carbons (Fsp3) is 1.00. The molecule has 0 aliphatic rings. The Balaban J connectivity index is 3.02. The van der Waals surface area contributed by atoms with Crippen molar-refractivity contribution < 1.29 is 10.3 Å². The van der Waals surface area contributed by atoms with Crippen LogP contribution in [-0.2, 0) is 0 Å². The lowest BCUT2D eigenvalue weighted by atomic mass is 10.2. The zero-order valence-corrected chi connectivity index (χ0v) is 8.00. The van der Waals surface area contributed by atoms with Gasteiger partial charge in [0.2, 0.25) is 0 Å². The number of aliphatic hydroxyl groups excluding tert-OH is 1. The second-order valence-corrected chi connectivity index (χ2v) is 3.09. The maximum absolute atomic E-state index is 9.20. The van der Waals surface area contributed by atoms with Gasteiger partial charge in [0.15, 0.2) is 0 Å². The van der Waals surface area contributed by atoms with Crippen molar-refractivity contribution in [1.29, 1.82) is 0 Å². The van der Waals surface area contributed by atoms with Crippen molar-refractivity contribution in [3.63, 3.8) is 0 Å². The summed E-state index contributed by atoms with van der Waals surface area (Å²) < 4.78 is 0. The summed E-state index contributed by atoms with van der Waals surface area (Å²) in [5.41, 5.74) is 0. The third-order valence-corrected chi connectivity index (χ3v) is 1.84. The first-order chi connectivity index (χ1) is 5.81. The van der Waals surface area contributed by atoms with Gasteiger partial charge in [-0.2, -0.15) is 5.06 Å². The predicted molar refractivity (Wildman–Crippen MR) is 49.2 cm³/mol. The Morgan fingerprint density at radius 1 is 1.00 bits per heavy atom. The van der Waals surface area contributed by atoms with Crippen LogP contribution in [0, 0.1) is 0 Å². The molecule has 0 aromatic heterocycles. The van der Waals surface area contributed by atoms with E-state index in [0.29, 0.717) is 13.0 Å². The van der Waals surface area contributed by atoms with E-state index in [1.165, 1.54) is 24.3 Å². The second-order valence-electron chi connectivity index (χ2n) is 3.09. The average Bonchev–Trinajstić information content (AvgIpc) is 2.09. The van der Waals surface area contributed by atoms with E-state index in [1.807, 2.05) is 0 Å². The lowest BCUT2D eigenvalue weighted by molar-refractivity contribution is -0.0940. The van der Waals surface area contributed by atoms with Crippen molar-refractivity contribution in [1.82, 2.24) is 5.06 Å². The Morgan fingerprint density at radius 3 is 2.25 bits per heavy atom. The molecule has 0 unspecified atom stereocenters. The summed E-state index contributed by atoms with van der Waals surface area (Å²) in [5.74, 6) is 0. The molecule has 0 amide bonds. The third-order valence-electron chi connectivity index (χ3n) is 1.84. The van der Waals surface area contributed by atoms with Crippen LogP contribution in [0.2, 0.25) is 0 Å². The lowest BCUT2D eigenvalue weighted by Gasteiger charge is -2.13. The van der Waals surface area contributed by atoms with E-state index in [-0.39, 0.29) is 6.61 Å². The SMILES string of the molecule is CCCCCCN(O)CCCO. The largest absolute Gasteiger partial charge is 0.396 e. The number of nitrogens with zero attached hydrogens (tertiary/aromatic N) is 1. The zero-order chi connectivity index (χ0) is 9.23. The standard InChI is InChI=1S/C9H21NO2/c1-2-3-4-5-7-10(12)8-6-9-11/h11-12H,2-9H2,1H3. The van der Waals surface area contributed by atoms with Gasteiger partial charge in [-0.1, -0.05) is 26.2 Å². The minimum absolute atomic E-state index is 0.159. The van der Waals surface area contributed by atoms with E-state index in [9.17, 15) is 5.21 Å². The summed E-state index contributed by atoms with van der Waals surface area (Å²) >= 11 is 0. The van der Waals surface area contributed by atoms with E-state index in [1.54, 1.807) is 0 Å². The molecule has 0 atom stereocenters. The summed E-state index contributed by atoms with van der Waals surface area (Å²) in [4.78, 5) is 0. The molecular formula is C9H21NO2. The van der Waals surface area contributed by atoms with Gasteiger partial charge in [-0.05, 0) is 12.8 Å². The zero-order valence-electron chi connectivity index (χ0n) is 8.00. The molecule has 0 saturated heterocycles. The van der Waals surface area contributed by atoms with Crippen LogP contribution >= 0.6 is 0 Å². The maximum Gasteiger partial charge on any atom is 0.0444 e. The van der Waals surface area contributed by atoms with E-state index in [2.05, 4.69) is 6.92 Å². The minimum Gasteiger partial charge on any atom is -0.396 e. The monoisotopic (exact) mass is 175 g/mol. The number of hydrogen-bond acceptors (Lipinski definition) is 3. The van der Waals surface area contributed by atoms with E-state index in [0.717, 1.165) is 13.0 Å². The summed E-state index contributed by atoms with van der Waals surface area (Å²) in [6, 6.07) is 0. The summed E-state index contributed by atoms with van der Waals surface area (Å²) in [6.07, 6.45) is 5.36. The molecule has 0 rings (SSSR count). The molecule has 0 fully saturated rings. The van der Waals surface area contributed by atoms with Crippen LogP contribution in [0.5, 0.6) is 0 Å². The van der Waals surface area contributed by atoms with Gasteiger partial charge in [0.25, 0.3) is 0 Å². The first-order valence-electron chi connectivity index (χ1n) is 4.86. The van der Waals surface area contributed by atoms with Crippen LogP contribution in [-0.4, -0.2) is 35.1 Å². The second kappa shape index (κ2) is 8.97. The molecular weight excluding hydrogens is 154 g/mol. The van der Waals surface area contributed by atoms with Gasteiger partial charge >= 0.3 is 0 Å². The fourth-order valence-corrected chi connectivity index (χ4v) is 1.09. The van der Waals surface area contributed by atoms with Crippen molar-refractivity contribution >= 4 is 0 Å². The topological polar surface area (TPSA) is 43.7 Å². The van der Waals surface area contributed by atoms with Crippen LogP contribution in [0.3, 0.4) is 0 Å². The van der Waals surface area contributed by atoms with Crippen molar-refractivity contribution in [2.45, 2.75) is 39.0 Å². The fourth-order valence-electron chi connectivity index (χ4n) is 1.09. The van der Waals surface area contributed by atoms with Gasteiger partial charge < -0.3 is 10.3 Å². The van der Waals surface area contributed by atoms with Crippen molar-refractivity contribution in [2.24, 2.45) is 0 Å². The molecule has 0 spiro atoms. The molecule has 0 aromatic rings. The Bertz CT molecular complexity index is 88.6. The predicted octanol–water partition coefficient (Wildman–Crippen LogP) is 1.64. The number of hydroxylamine groups is 2. The van der Waals surface area contributed by atoms with Crippen LogP contribution < -0.4 is 0 Å². The van der Waals surface area contributed by atoms with Crippen LogP contribution in [0.4, 0.5) is 0 Å². The summed E-state index contributed by atoms with van der Waals surface area (Å²) in [5, 5.41) is 19.0. The van der Waals surface area contributed by atoms with E-state index in [4.69, 9.17) is 5.11 Å². The molecule has 74 valence electrons. The van der Waals surface area contributed by atoms with Crippen LogP contribution in [0.1, 0.15) is 39.0 Å².